The molecular weight excluding hydrogens is 168 g/mol. The standard InChI is InChI=1S/C10H14OS/c1-9-2-4-10(5-3-9)8-12-7-6-11/h2-5,11H,6-8H2,1H3. The van der Waals surface area contributed by atoms with Gasteiger partial charge in [-0.15, -0.1) is 0 Å². The van der Waals surface area contributed by atoms with Gasteiger partial charge in [-0.2, -0.15) is 11.8 Å². The van der Waals surface area contributed by atoms with Crippen LogP contribution in [0.4, 0.5) is 0 Å². The summed E-state index contributed by atoms with van der Waals surface area (Å²) in [5, 5.41) is 8.57. The Hall–Kier alpha value is -0.470. The van der Waals surface area contributed by atoms with Crippen LogP contribution in [0.15, 0.2) is 24.3 Å². The van der Waals surface area contributed by atoms with Crippen LogP contribution in [-0.2, 0) is 5.75 Å². The van der Waals surface area contributed by atoms with Crippen LogP contribution in [0.2, 0.25) is 0 Å². The van der Waals surface area contributed by atoms with E-state index in [1.165, 1.54) is 11.1 Å². The van der Waals surface area contributed by atoms with E-state index in [2.05, 4.69) is 31.2 Å². The first-order valence-corrected chi connectivity index (χ1v) is 5.22. The summed E-state index contributed by atoms with van der Waals surface area (Å²) in [6.07, 6.45) is 0. The average molecular weight is 182 g/mol. The number of thioether (sulfide) groups is 1. The van der Waals surface area contributed by atoms with E-state index in [0.29, 0.717) is 0 Å². The molecule has 0 saturated heterocycles. The van der Waals surface area contributed by atoms with E-state index in [0.717, 1.165) is 11.5 Å². The predicted molar refractivity (Wildman–Crippen MR) is 54.4 cm³/mol. The molecule has 0 fully saturated rings. The van der Waals surface area contributed by atoms with Crippen molar-refractivity contribution in [2.45, 2.75) is 12.7 Å². The Labute approximate surface area is 77.8 Å². The number of rotatable bonds is 4. The Morgan fingerprint density at radius 1 is 1.25 bits per heavy atom. The second-order valence-electron chi connectivity index (χ2n) is 2.76. The summed E-state index contributed by atoms with van der Waals surface area (Å²) in [7, 11) is 0. The molecule has 0 amide bonds. The maximum absolute atomic E-state index is 8.57. The average Bonchev–Trinajstić information content (AvgIpc) is 2.09. The van der Waals surface area contributed by atoms with Crippen LogP contribution in [0.1, 0.15) is 11.1 Å². The Balaban J connectivity index is 2.37. The maximum atomic E-state index is 8.57. The van der Waals surface area contributed by atoms with E-state index in [4.69, 9.17) is 5.11 Å². The lowest BCUT2D eigenvalue weighted by Crippen LogP contribution is -1.87. The van der Waals surface area contributed by atoms with Gasteiger partial charge in [0.25, 0.3) is 0 Å². The Morgan fingerprint density at radius 3 is 2.50 bits per heavy atom. The molecule has 1 nitrogen and oxygen atoms in total. The topological polar surface area (TPSA) is 20.2 Å². The molecule has 1 N–H and O–H groups in total. The molecule has 12 heavy (non-hydrogen) atoms. The molecule has 0 atom stereocenters. The van der Waals surface area contributed by atoms with Crippen molar-refractivity contribution in [1.29, 1.82) is 0 Å². The molecule has 1 rings (SSSR count). The largest absolute Gasteiger partial charge is 0.396 e. The highest BCUT2D eigenvalue weighted by Crippen LogP contribution is 2.11. The van der Waals surface area contributed by atoms with Gasteiger partial charge in [-0.05, 0) is 12.5 Å². The summed E-state index contributed by atoms with van der Waals surface area (Å²) in [6.45, 7) is 2.36. The van der Waals surface area contributed by atoms with Crippen LogP contribution >= 0.6 is 11.8 Å². The van der Waals surface area contributed by atoms with E-state index in [-0.39, 0.29) is 6.61 Å². The second-order valence-corrected chi connectivity index (χ2v) is 3.87. The van der Waals surface area contributed by atoms with E-state index in [1.54, 1.807) is 11.8 Å². The first kappa shape index (κ1) is 9.62. The van der Waals surface area contributed by atoms with Crippen LogP contribution in [-0.4, -0.2) is 17.5 Å². The monoisotopic (exact) mass is 182 g/mol. The van der Waals surface area contributed by atoms with Gasteiger partial charge in [-0.1, -0.05) is 29.8 Å². The van der Waals surface area contributed by atoms with Crippen LogP contribution < -0.4 is 0 Å². The lowest BCUT2D eigenvalue weighted by atomic mass is 10.2. The van der Waals surface area contributed by atoms with Crippen molar-refractivity contribution >= 4 is 11.8 Å². The minimum Gasteiger partial charge on any atom is -0.396 e. The number of aryl methyl sites for hydroxylation is 1. The highest BCUT2D eigenvalue weighted by molar-refractivity contribution is 7.98. The zero-order valence-electron chi connectivity index (χ0n) is 7.29. The van der Waals surface area contributed by atoms with Gasteiger partial charge < -0.3 is 5.11 Å². The fourth-order valence-electron chi connectivity index (χ4n) is 0.939. The maximum Gasteiger partial charge on any atom is 0.0521 e. The molecule has 1 aromatic rings. The van der Waals surface area contributed by atoms with Crippen LogP contribution in [0, 0.1) is 6.92 Å². The third-order valence-corrected chi connectivity index (χ3v) is 2.63. The first-order chi connectivity index (χ1) is 5.83. The molecule has 2 heteroatoms. The van der Waals surface area contributed by atoms with Gasteiger partial charge in [0.1, 0.15) is 0 Å². The summed E-state index contributed by atoms with van der Waals surface area (Å²) >= 11 is 1.76. The fourth-order valence-corrected chi connectivity index (χ4v) is 1.64. The second kappa shape index (κ2) is 5.22. The van der Waals surface area contributed by atoms with E-state index < -0.39 is 0 Å². The third kappa shape index (κ3) is 3.28. The summed E-state index contributed by atoms with van der Waals surface area (Å²) < 4.78 is 0. The molecule has 0 bridgehead atoms. The Kier molecular flexibility index (Phi) is 4.19. The molecule has 0 aromatic heterocycles. The summed E-state index contributed by atoms with van der Waals surface area (Å²) in [5.41, 5.74) is 2.63. The zero-order valence-corrected chi connectivity index (χ0v) is 8.10. The number of hydrogen-bond acceptors (Lipinski definition) is 2. The van der Waals surface area contributed by atoms with Crippen molar-refractivity contribution in [2.75, 3.05) is 12.4 Å². The molecular formula is C10H14OS. The molecule has 0 aliphatic carbocycles. The van der Waals surface area contributed by atoms with Gasteiger partial charge >= 0.3 is 0 Å². The predicted octanol–water partition coefficient (Wildman–Crippen LogP) is 2.22. The van der Waals surface area contributed by atoms with E-state index >= 15 is 0 Å². The summed E-state index contributed by atoms with van der Waals surface area (Å²) in [4.78, 5) is 0. The van der Waals surface area contributed by atoms with Gasteiger partial charge in [0.2, 0.25) is 0 Å². The van der Waals surface area contributed by atoms with Crippen molar-refractivity contribution in [1.82, 2.24) is 0 Å². The van der Waals surface area contributed by atoms with E-state index in [1.807, 2.05) is 0 Å². The molecule has 0 aliphatic rings. The van der Waals surface area contributed by atoms with Crippen molar-refractivity contribution in [3.8, 4) is 0 Å². The summed E-state index contributed by atoms with van der Waals surface area (Å²) in [6, 6.07) is 8.52. The van der Waals surface area contributed by atoms with Crippen molar-refractivity contribution in [3.63, 3.8) is 0 Å². The smallest absolute Gasteiger partial charge is 0.0521 e. The van der Waals surface area contributed by atoms with Gasteiger partial charge in [-0.3, -0.25) is 0 Å². The number of aliphatic hydroxyl groups excluding tert-OH is 1. The first-order valence-electron chi connectivity index (χ1n) is 4.07. The minimum atomic E-state index is 0.274. The molecule has 66 valence electrons. The quantitative estimate of drug-likeness (QED) is 0.720. The third-order valence-electron chi connectivity index (χ3n) is 1.62. The van der Waals surface area contributed by atoms with Gasteiger partial charge in [0, 0.05) is 11.5 Å². The van der Waals surface area contributed by atoms with Gasteiger partial charge in [-0.25, -0.2) is 0 Å². The van der Waals surface area contributed by atoms with E-state index in [9.17, 15) is 0 Å². The minimum absolute atomic E-state index is 0.274. The number of hydrogen-bond donors (Lipinski definition) is 1. The number of benzene rings is 1. The van der Waals surface area contributed by atoms with Crippen molar-refractivity contribution in [3.05, 3.63) is 35.4 Å². The summed E-state index contributed by atoms with van der Waals surface area (Å²) in [5.74, 6) is 1.83. The van der Waals surface area contributed by atoms with Crippen LogP contribution in [0.3, 0.4) is 0 Å². The molecule has 0 heterocycles. The fraction of sp³-hybridized carbons (Fsp3) is 0.400. The molecule has 1 aromatic carbocycles. The lowest BCUT2D eigenvalue weighted by Gasteiger charge is -2.00. The molecule has 0 spiro atoms. The van der Waals surface area contributed by atoms with Crippen molar-refractivity contribution in [2.24, 2.45) is 0 Å². The Bertz CT molecular complexity index is 218. The highest BCUT2D eigenvalue weighted by atomic mass is 32.2. The van der Waals surface area contributed by atoms with Crippen LogP contribution in [0.25, 0.3) is 0 Å². The van der Waals surface area contributed by atoms with Crippen LogP contribution in [0.5, 0.6) is 0 Å². The molecule has 0 saturated carbocycles. The van der Waals surface area contributed by atoms with Crippen molar-refractivity contribution < 1.29 is 5.11 Å². The zero-order chi connectivity index (χ0) is 8.81. The molecule has 0 aliphatic heterocycles. The van der Waals surface area contributed by atoms with Gasteiger partial charge in [0.05, 0.1) is 6.61 Å². The molecule has 0 unspecified atom stereocenters. The number of aliphatic hydroxyl groups is 1. The Morgan fingerprint density at radius 2 is 1.92 bits per heavy atom. The lowest BCUT2D eigenvalue weighted by molar-refractivity contribution is 0.322. The van der Waals surface area contributed by atoms with Gasteiger partial charge in [0.15, 0.2) is 0 Å². The SMILES string of the molecule is Cc1ccc(CSCCO)cc1. The molecule has 0 radical (unpaired) electrons. The normalized spacial score (nSPS) is 10.2. The highest BCUT2D eigenvalue weighted by Gasteiger charge is 1.91.